The number of benzene rings is 4. The molecule has 0 aliphatic heterocycles. The molecule has 4 aromatic carbocycles. The van der Waals surface area contributed by atoms with Crippen LogP contribution in [0.2, 0.25) is 0 Å². The molecule has 0 radical (unpaired) electrons. The van der Waals surface area contributed by atoms with Crippen LogP contribution in [-0.4, -0.2) is 12.9 Å². The third-order valence-corrected chi connectivity index (χ3v) is 4.98. The van der Waals surface area contributed by atoms with Crippen molar-refractivity contribution in [3.63, 3.8) is 0 Å². The highest BCUT2D eigenvalue weighted by Crippen LogP contribution is 2.34. The molecule has 3 nitrogen and oxygen atoms in total. The molecule has 0 aliphatic rings. The highest BCUT2D eigenvalue weighted by atomic mass is 16.5. The minimum atomic E-state index is -0.0399. The monoisotopic (exact) mass is 405 g/mol. The fraction of sp³-hybridized carbons (Fsp3) is 0.0357. The summed E-state index contributed by atoms with van der Waals surface area (Å²) in [6.45, 7) is 0. The van der Waals surface area contributed by atoms with E-state index in [9.17, 15) is 4.79 Å². The van der Waals surface area contributed by atoms with Crippen LogP contribution in [0, 0.1) is 0 Å². The number of nitrogens with zero attached hydrogens (tertiary/aromatic N) is 1. The third kappa shape index (κ3) is 4.90. The van der Waals surface area contributed by atoms with Crippen molar-refractivity contribution in [2.75, 3.05) is 12.0 Å². The molecule has 0 aromatic heterocycles. The summed E-state index contributed by atoms with van der Waals surface area (Å²) in [6.07, 6.45) is 3.44. The molecule has 0 atom stereocenters. The Hall–Kier alpha value is -4.11. The molecule has 0 saturated heterocycles. The predicted molar refractivity (Wildman–Crippen MR) is 127 cm³/mol. The molecule has 0 bridgehead atoms. The minimum absolute atomic E-state index is 0.0399. The number of carbonyl (C=O) groups is 1. The molecule has 0 fully saturated rings. The van der Waals surface area contributed by atoms with Crippen LogP contribution in [-0.2, 0) is 0 Å². The third-order valence-electron chi connectivity index (χ3n) is 4.98. The Kier molecular flexibility index (Phi) is 6.24. The highest BCUT2D eigenvalue weighted by molar-refractivity contribution is 6.06. The van der Waals surface area contributed by atoms with E-state index in [0.717, 1.165) is 28.4 Å². The van der Waals surface area contributed by atoms with Gasteiger partial charge in [0, 0.05) is 22.6 Å². The van der Waals surface area contributed by atoms with Gasteiger partial charge < -0.3 is 9.64 Å². The van der Waals surface area contributed by atoms with Gasteiger partial charge in [0.1, 0.15) is 5.75 Å². The lowest BCUT2D eigenvalue weighted by atomic mass is 10.1. The molecule has 0 aliphatic carbocycles. The van der Waals surface area contributed by atoms with Crippen molar-refractivity contribution in [1.82, 2.24) is 0 Å². The number of anilines is 3. The normalized spacial score (nSPS) is 10.7. The summed E-state index contributed by atoms with van der Waals surface area (Å²) < 4.78 is 5.14. The van der Waals surface area contributed by atoms with Crippen LogP contribution >= 0.6 is 0 Å². The summed E-state index contributed by atoms with van der Waals surface area (Å²) in [4.78, 5) is 14.6. The fourth-order valence-electron chi connectivity index (χ4n) is 3.36. The van der Waals surface area contributed by atoms with Crippen molar-refractivity contribution >= 4 is 28.9 Å². The van der Waals surface area contributed by atoms with Gasteiger partial charge in [0.05, 0.1) is 7.11 Å². The van der Waals surface area contributed by atoms with Gasteiger partial charge in [-0.25, -0.2) is 0 Å². The summed E-state index contributed by atoms with van der Waals surface area (Å²) in [5.74, 6) is 0.694. The number of para-hydroxylation sites is 2. The van der Waals surface area contributed by atoms with Crippen LogP contribution in [0.5, 0.6) is 5.75 Å². The number of ketones is 1. The first-order valence-electron chi connectivity index (χ1n) is 10.1. The molecule has 31 heavy (non-hydrogen) atoms. The zero-order chi connectivity index (χ0) is 21.5. The maximum Gasteiger partial charge on any atom is 0.185 e. The number of methoxy groups -OCH3 is 1. The van der Waals surface area contributed by atoms with Gasteiger partial charge in [-0.1, -0.05) is 54.6 Å². The number of rotatable bonds is 7. The summed E-state index contributed by atoms with van der Waals surface area (Å²) in [5, 5.41) is 0. The van der Waals surface area contributed by atoms with Crippen LogP contribution in [0.3, 0.4) is 0 Å². The highest BCUT2D eigenvalue weighted by Gasteiger charge is 2.11. The lowest BCUT2D eigenvalue weighted by Gasteiger charge is -2.25. The van der Waals surface area contributed by atoms with Crippen molar-refractivity contribution in [2.45, 2.75) is 0 Å². The molecule has 0 spiro atoms. The van der Waals surface area contributed by atoms with E-state index in [1.807, 2.05) is 54.6 Å². The van der Waals surface area contributed by atoms with Crippen LogP contribution in [0.25, 0.3) is 6.08 Å². The molecular formula is C28H23NO2. The Bertz CT molecular complexity index is 1110. The van der Waals surface area contributed by atoms with Gasteiger partial charge in [-0.15, -0.1) is 0 Å². The Morgan fingerprint density at radius 3 is 1.71 bits per heavy atom. The van der Waals surface area contributed by atoms with Gasteiger partial charge >= 0.3 is 0 Å². The molecular weight excluding hydrogens is 382 g/mol. The molecule has 152 valence electrons. The Balaban J connectivity index is 1.55. The van der Waals surface area contributed by atoms with Gasteiger partial charge in [-0.05, 0) is 72.3 Å². The maximum atomic E-state index is 12.4. The average molecular weight is 405 g/mol. The van der Waals surface area contributed by atoms with Crippen molar-refractivity contribution in [3.05, 3.63) is 126 Å². The van der Waals surface area contributed by atoms with Crippen LogP contribution in [0.1, 0.15) is 15.9 Å². The zero-order valence-corrected chi connectivity index (χ0v) is 17.3. The second-order valence-electron chi connectivity index (χ2n) is 7.02. The first-order valence-corrected chi connectivity index (χ1v) is 10.1. The minimum Gasteiger partial charge on any atom is -0.497 e. The van der Waals surface area contributed by atoms with E-state index in [4.69, 9.17) is 4.74 Å². The van der Waals surface area contributed by atoms with E-state index in [0.29, 0.717) is 5.56 Å². The summed E-state index contributed by atoms with van der Waals surface area (Å²) >= 11 is 0. The van der Waals surface area contributed by atoms with E-state index < -0.39 is 0 Å². The standard InChI is InChI=1S/C28H23NO2/c1-31-27-19-15-23(16-20-27)28(30)21-14-22-12-17-26(18-13-22)29(24-8-4-2-5-9-24)25-10-6-3-7-11-25/h2-21H,1H3/b21-14+. The second-order valence-corrected chi connectivity index (χ2v) is 7.02. The van der Waals surface area contributed by atoms with E-state index in [2.05, 4.69) is 41.3 Å². The number of carbonyl (C=O) groups excluding carboxylic acids is 1. The number of hydrogen-bond acceptors (Lipinski definition) is 3. The summed E-state index contributed by atoms with van der Waals surface area (Å²) in [6, 6.07) is 35.8. The van der Waals surface area contributed by atoms with Crippen LogP contribution in [0.15, 0.2) is 115 Å². The molecule has 0 heterocycles. The van der Waals surface area contributed by atoms with E-state index in [1.54, 1.807) is 37.5 Å². The molecule has 4 aromatic rings. The van der Waals surface area contributed by atoms with Gasteiger partial charge in [0.15, 0.2) is 5.78 Å². The van der Waals surface area contributed by atoms with Crippen molar-refractivity contribution < 1.29 is 9.53 Å². The maximum absolute atomic E-state index is 12.4. The van der Waals surface area contributed by atoms with Gasteiger partial charge in [-0.3, -0.25) is 4.79 Å². The smallest absolute Gasteiger partial charge is 0.185 e. The zero-order valence-electron chi connectivity index (χ0n) is 17.3. The van der Waals surface area contributed by atoms with Gasteiger partial charge in [-0.2, -0.15) is 0 Å². The van der Waals surface area contributed by atoms with Crippen LogP contribution < -0.4 is 9.64 Å². The van der Waals surface area contributed by atoms with E-state index >= 15 is 0 Å². The fourth-order valence-corrected chi connectivity index (χ4v) is 3.36. The molecule has 0 N–H and O–H groups in total. The SMILES string of the molecule is COc1ccc(C(=O)/C=C/c2ccc(N(c3ccccc3)c3ccccc3)cc2)cc1. The summed E-state index contributed by atoms with van der Waals surface area (Å²) in [7, 11) is 1.61. The average Bonchev–Trinajstić information content (AvgIpc) is 2.85. The Labute approximate surface area is 182 Å². The lowest BCUT2D eigenvalue weighted by molar-refractivity contribution is 0.104. The first kappa shape index (κ1) is 20.2. The largest absolute Gasteiger partial charge is 0.497 e. The Morgan fingerprint density at radius 2 is 1.19 bits per heavy atom. The van der Waals surface area contributed by atoms with Crippen molar-refractivity contribution in [2.24, 2.45) is 0 Å². The molecule has 3 heteroatoms. The van der Waals surface area contributed by atoms with E-state index in [1.165, 1.54) is 0 Å². The number of hydrogen-bond donors (Lipinski definition) is 0. The first-order chi connectivity index (χ1) is 15.2. The van der Waals surface area contributed by atoms with Crippen LogP contribution in [0.4, 0.5) is 17.1 Å². The lowest BCUT2D eigenvalue weighted by Crippen LogP contribution is -2.09. The predicted octanol–water partition coefficient (Wildman–Crippen LogP) is 7.06. The van der Waals surface area contributed by atoms with E-state index in [-0.39, 0.29) is 5.78 Å². The van der Waals surface area contributed by atoms with Gasteiger partial charge in [0.2, 0.25) is 0 Å². The van der Waals surface area contributed by atoms with Crippen molar-refractivity contribution in [1.29, 1.82) is 0 Å². The molecule has 0 amide bonds. The number of ether oxygens (including phenoxy) is 1. The molecule has 4 rings (SSSR count). The molecule has 0 unspecified atom stereocenters. The Morgan fingerprint density at radius 1 is 0.677 bits per heavy atom. The van der Waals surface area contributed by atoms with Gasteiger partial charge in [0.25, 0.3) is 0 Å². The summed E-state index contributed by atoms with van der Waals surface area (Å²) in [5.41, 5.74) is 4.83. The van der Waals surface area contributed by atoms with Crippen molar-refractivity contribution in [3.8, 4) is 5.75 Å². The molecule has 0 saturated carbocycles. The quantitative estimate of drug-likeness (QED) is 0.243. The second kappa shape index (κ2) is 9.59. The number of allylic oxidation sites excluding steroid dienone is 1. The topological polar surface area (TPSA) is 29.5 Å².